The molecule has 0 aromatic carbocycles. The van der Waals surface area contributed by atoms with Gasteiger partial charge in [-0.1, -0.05) is 6.42 Å². The fraction of sp³-hybridized carbons (Fsp3) is 1.00. The molecule has 0 bridgehead atoms. The average Bonchev–Trinajstić information content (AvgIpc) is 2.65. The van der Waals surface area contributed by atoms with E-state index < -0.39 is 0 Å². The van der Waals surface area contributed by atoms with Crippen molar-refractivity contribution in [2.24, 2.45) is 0 Å². The Morgan fingerprint density at radius 3 is 2.94 bits per heavy atom. The minimum Gasteiger partial charge on any atom is -0.381 e. The summed E-state index contributed by atoms with van der Waals surface area (Å²) in [7, 11) is 2.06. The molecule has 2 rings (SSSR count). The normalized spacial score (nSPS) is 32.3. The Labute approximate surface area is 106 Å². The monoisotopic (exact) mass is 240 g/mol. The van der Waals surface area contributed by atoms with E-state index in [-0.39, 0.29) is 0 Å². The summed E-state index contributed by atoms with van der Waals surface area (Å²) in [6.45, 7) is 4.43. The van der Waals surface area contributed by atoms with Crippen molar-refractivity contribution >= 4 is 0 Å². The molecule has 2 aliphatic rings. The molecule has 0 aromatic rings. The van der Waals surface area contributed by atoms with Gasteiger partial charge in [-0.2, -0.15) is 0 Å². The van der Waals surface area contributed by atoms with E-state index in [1.807, 2.05) is 0 Å². The van der Waals surface area contributed by atoms with Crippen LogP contribution in [0.2, 0.25) is 0 Å². The largest absolute Gasteiger partial charge is 0.381 e. The van der Waals surface area contributed by atoms with Crippen LogP contribution in [0.15, 0.2) is 0 Å². The van der Waals surface area contributed by atoms with Crippen LogP contribution in [-0.4, -0.2) is 50.3 Å². The van der Waals surface area contributed by atoms with E-state index in [1.165, 1.54) is 51.5 Å². The van der Waals surface area contributed by atoms with Gasteiger partial charge in [0.25, 0.3) is 0 Å². The molecule has 0 saturated carbocycles. The Morgan fingerprint density at radius 1 is 1.12 bits per heavy atom. The molecule has 0 radical (unpaired) electrons. The Bertz CT molecular complexity index is 202. The second-order valence-corrected chi connectivity index (χ2v) is 5.48. The maximum absolute atomic E-state index is 5.59. The van der Waals surface area contributed by atoms with Crippen LogP contribution in [0.3, 0.4) is 0 Å². The Hall–Kier alpha value is -0.120. The van der Waals surface area contributed by atoms with Gasteiger partial charge in [-0.15, -0.1) is 0 Å². The molecule has 2 fully saturated rings. The molecule has 2 heterocycles. The fourth-order valence-electron chi connectivity index (χ4n) is 3.34. The average molecular weight is 240 g/mol. The standard InChI is InChI=1S/C14H28N2O/c1-15-9-7-13-5-2-3-10-16(13)14-6-4-11-17-12-8-14/h13-15H,2-12H2,1H3. The summed E-state index contributed by atoms with van der Waals surface area (Å²) in [5.74, 6) is 0. The zero-order chi connectivity index (χ0) is 11.9. The van der Waals surface area contributed by atoms with Gasteiger partial charge in [-0.05, 0) is 58.7 Å². The molecule has 100 valence electrons. The number of nitrogens with zero attached hydrogens (tertiary/aromatic N) is 1. The van der Waals surface area contributed by atoms with Gasteiger partial charge in [-0.25, -0.2) is 0 Å². The maximum Gasteiger partial charge on any atom is 0.0480 e. The number of rotatable bonds is 4. The minimum absolute atomic E-state index is 0.791. The van der Waals surface area contributed by atoms with E-state index in [2.05, 4.69) is 17.3 Å². The van der Waals surface area contributed by atoms with Gasteiger partial charge in [0.05, 0.1) is 0 Å². The van der Waals surface area contributed by atoms with Gasteiger partial charge in [0, 0.05) is 25.3 Å². The molecule has 2 aliphatic heterocycles. The van der Waals surface area contributed by atoms with E-state index in [0.29, 0.717) is 0 Å². The Morgan fingerprint density at radius 2 is 2.06 bits per heavy atom. The van der Waals surface area contributed by atoms with Gasteiger partial charge in [-0.3, -0.25) is 4.90 Å². The molecule has 0 aromatic heterocycles. The van der Waals surface area contributed by atoms with Crippen LogP contribution >= 0.6 is 0 Å². The van der Waals surface area contributed by atoms with Crippen molar-refractivity contribution in [1.29, 1.82) is 0 Å². The molecule has 2 saturated heterocycles. The van der Waals surface area contributed by atoms with Crippen molar-refractivity contribution in [2.75, 3.05) is 33.4 Å². The lowest BCUT2D eigenvalue weighted by molar-refractivity contribution is 0.0734. The molecule has 2 unspecified atom stereocenters. The van der Waals surface area contributed by atoms with Crippen LogP contribution in [0.4, 0.5) is 0 Å². The minimum atomic E-state index is 0.791. The second kappa shape index (κ2) is 7.34. The van der Waals surface area contributed by atoms with Crippen LogP contribution in [0.25, 0.3) is 0 Å². The first-order chi connectivity index (χ1) is 8.42. The maximum atomic E-state index is 5.59. The lowest BCUT2D eigenvalue weighted by Gasteiger charge is -2.41. The first-order valence-electron chi connectivity index (χ1n) is 7.40. The number of ether oxygens (including phenoxy) is 1. The number of hydrogen-bond acceptors (Lipinski definition) is 3. The first kappa shape index (κ1) is 13.3. The van der Waals surface area contributed by atoms with E-state index in [0.717, 1.165) is 31.8 Å². The van der Waals surface area contributed by atoms with Gasteiger partial charge < -0.3 is 10.1 Å². The van der Waals surface area contributed by atoms with E-state index >= 15 is 0 Å². The van der Waals surface area contributed by atoms with Gasteiger partial charge in [0.15, 0.2) is 0 Å². The van der Waals surface area contributed by atoms with Crippen LogP contribution in [0.1, 0.15) is 44.9 Å². The zero-order valence-electron chi connectivity index (χ0n) is 11.3. The fourth-order valence-corrected chi connectivity index (χ4v) is 3.34. The van der Waals surface area contributed by atoms with Crippen LogP contribution in [0.5, 0.6) is 0 Å². The van der Waals surface area contributed by atoms with Crippen molar-refractivity contribution < 1.29 is 4.74 Å². The predicted molar refractivity (Wildman–Crippen MR) is 71.3 cm³/mol. The summed E-state index contributed by atoms with van der Waals surface area (Å²) in [5.41, 5.74) is 0. The van der Waals surface area contributed by atoms with Gasteiger partial charge >= 0.3 is 0 Å². The predicted octanol–water partition coefficient (Wildman–Crippen LogP) is 2.02. The number of nitrogens with one attached hydrogen (secondary N) is 1. The number of hydrogen-bond donors (Lipinski definition) is 1. The molecule has 17 heavy (non-hydrogen) atoms. The SMILES string of the molecule is CNCCC1CCCCN1C1CCCOCC1. The van der Waals surface area contributed by atoms with Crippen LogP contribution in [-0.2, 0) is 4.74 Å². The van der Waals surface area contributed by atoms with Crippen molar-refractivity contribution in [3.63, 3.8) is 0 Å². The third-order valence-electron chi connectivity index (χ3n) is 4.29. The van der Waals surface area contributed by atoms with E-state index in [1.54, 1.807) is 0 Å². The lowest BCUT2D eigenvalue weighted by atomic mass is 9.94. The summed E-state index contributed by atoms with van der Waals surface area (Å²) in [6.07, 6.45) is 9.38. The Balaban J connectivity index is 1.89. The molecule has 3 nitrogen and oxygen atoms in total. The molecular formula is C14H28N2O. The third-order valence-corrected chi connectivity index (χ3v) is 4.29. The summed E-state index contributed by atoms with van der Waals surface area (Å²) in [4.78, 5) is 2.80. The lowest BCUT2D eigenvalue weighted by Crippen LogP contribution is -2.47. The first-order valence-corrected chi connectivity index (χ1v) is 7.40. The van der Waals surface area contributed by atoms with E-state index in [9.17, 15) is 0 Å². The van der Waals surface area contributed by atoms with Crippen LogP contribution < -0.4 is 5.32 Å². The molecule has 0 spiro atoms. The molecule has 2 atom stereocenters. The quantitative estimate of drug-likeness (QED) is 0.813. The van der Waals surface area contributed by atoms with Gasteiger partial charge in [0.1, 0.15) is 0 Å². The molecule has 3 heteroatoms. The highest BCUT2D eigenvalue weighted by molar-refractivity contribution is 4.84. The second-order valence-electron chi connectivity index (χ2n) is 5.48. The summed E-state index contributed by atoms with van der Waals surface area (Å²) in [6, 6.07) is 1.61. The highest BCUT2D eigenvalue weighted by Crippen LogP contribution is 2.26. The Kier molecular flexibility index (Phi) is 5.75. The molecule has 0 amide bonds. The van der Waals surface area contributed by atoms with Crippen molar-refractivity contribution in [2.45, 2.75) is 57.0 Å². The summed E-state index contributed by atoms with van der Waals surface area (Å²) in [5, 5.41) is 3.30. The summed E-state index contributed by atoms with van der Waals surface area (Å²) < 4.78 is 5.59. The highest BCUT2D eigenvalue weighted by Gasteiger charge is 2.28. The van der Waals surface area contributed by atoms with Crippen molar-refractivity contribution in [1.82, 2.24) is 10.2 Å². The molecule has 0 aliphatic carbocycles. The molecule has 1 N–H and O–H groups in total. The molecular weight excluding hydrogens is 212 g/mol. The van der Waals surface area contributed by atoms with Crippen molar-refractivity contribution in [3.05, 3.63) is 0 Å². The summed E-state index contributed by atoms with van der Waals surface area (Å²) >= 11 is 0. The van der Waals surface area contributed by atoms with Gasteiger partial charge in [0.2, 0.25) is 0 Å². The number of likely N-dealkylation sites (tertiary alicyclic amines) is 1. The third kappa shape index (κ3) is 3.94. The topological polar surface area (TPSA) is 24.5 Å². The smallest absolute Gasteiger partial charge is 0.0480 e. The zero-order valence-corrected chi connectivity index (χ0v) is 11.3. The highest BCUT2D eigenvalue weighted by atomic mass is 16.5. The number of piperidine rings is 1. The van der Waals surface area contributed by atoms with E-state index in [4.69, 9.17) is 4.74 Å². The van der Waals surface area contributed by atoms with Crippen LogP contribution in [0, 0.1) is 0 Å². The van der Waals surface area contributed by atoms with Crippen molar-refractivity contribution in [3.8, 4) is 0 Å².